The molecule has 0 aromatic carbocycles. The second-order valence-electron chi connectivity index (χ2n) is 6.90. The molecule has 1 atom stereocenters. The van der Waals surface area contributed by atoms with E-state index in [0.717, 1.165) is 0 Å². The molecule has 1 aromatic rings. The van der Waals surface area contributed by atoms with Crippen molar-refractivity contribution in [1.82, 2.24) is 9.55 Å². The van der Waals surface area contributed by atoms with Crippen LogP contribution in [0.1, 0.15) is 40.2 Å². The maximum atomic E-state index is 11.7. The monoisotopic (exact) mass is 314 g/mol. The molecule has 1 unspecified atom stereocenters. The van der Waals surface area contributed by atoms with Gasteiger partial charge in [-0.05, 0) is 26.2 Å². The zero-order valence-electron chi connectivity index (χ0n) is 13.9. The van der Waals surface area contributed by atoms with E-state index >= 15 is 0 Å². The Morgan fingerprint density at radius 2 is 1.86 bits per heavy atom. The maximum Gasteiger partial charge on any atom is 0.330 e. The summed E-state index contributed by atoms with van der Waals surface area (Å²) in [6, 6.07) is 0. The van der Waals surface area contributed by atoms with Crippen LogP contribution in [0.4, 0.5) is 0 Å². The van der Waals surface area contributed by atoms with Crippen LogP contribution in [0.3, 0.4) is 0 Å². The van der Waals surface area contributed by atoms with E-state index < -0.39 is 11.3 Å². The van der Waals surface area contributed by atoms with Gasteiger partial charge in [0.2, 0.25) is 0 Å². The average Bonchev–Trinajstić information content (AvgIpc) is 2.30. The van der Waals surface area contributed by atoms with E-state index in [9.17, 15) is 9.59 Å². The lowest BCUT2D eigenvalue weighted by molar-refractivity contribution is -0.145. The molecule has 1 N–H and O–H groups in total. The first kappa shape index (κ1) is 17.9. The Morgan fingerprint density at radius 3 is 2.33 bits per heavy atom. The van der Waals surface area contributed by atoms with Gasteiger partial charge in [0.1, 0.15) is 17.2 Å². The van der Waals surface area contributed by atoms with E-state index in [1.807, 2.05) is 13.8 Å². The molecule has 6 nitrogen and oxygen atoms in total. The van der Waals surface area contributed by atoms with Crippen LogP contribution in [0.25, 0.3) is 0 Å². The van der Waals surface area contributed by atoms with E-state index in [-0.39, 0.29) is 23.8 Å². The Kier molecular flexibility index (Phi) is 5.35. The molecule has 0 spiro atoms. The highest BCUT2D eigenvalue weighted by atomic mass is 28.2. The van der Waals surface area contributed by atoms with E-state index in [2.05, 4.69) is 25.8 Å². The number of rotatable bonds is 5. The summed E-state index contributed by atoms with van der Waals surface area (Å²) in [4.78, 5) is 25.4. The van der Waals surface area contributed by atoms with Gasteiger partial charge in [0.15, 0.2) is 0 Å². The fraction of sp³-hybridized carbons (Fsp3) is 0.714. The number of H-pyrrole nitrogens is 1. The van der Waals surface area contributed by atoms with E-state index in [4.69, 9.17) is 9.16 Å². The highest BCUT2D eigenvalue weighted by Crippen LogP contribution is 2.32. The molecule has 1 heterocycles. The van der Waals surface area contributed by atoms with E-state index in [1.165, 1.54) is 10.8 Å². The molecule has 7 heteroatoms. The average molecular weight is 314 g/mol. The molecule has 0 aliphatic heterocycles. The van der Waals surface area contributed by atoms with Gasteiger partial charge in [-0.3, -0.25) is 14.3 Å². The zero-order chi connectivity index (χ0) is 16.4. The summed E-state index contributed by atoms with van der Waals surface area (Å²) < 4.78 is 13.0. The summed E-state index contributed by atoms with van der Waals surface area (Å²) in [5.41, 5.74) is -0.991. The van der Waals surface area contributed by atoms with Crippen molar-refractivity contribution < 1.29 is 9.16 Å². The van der Waals surface area contributed by atoms with Crippen molar-refractivity contribution in [2.45, 2.75) is 60.0 Å². The first-order valence-electron chi connectivity index (χ1n) is 6.96. The van der Waals surface area contributed by atoms with Crippen molar-refractivity contribution in [3.63, 3.8) is 0 Å². The van der Waals surface area contributed by atoms with Crippen molar-refractivity contribution in [3.05, 3.63) is 32.6 Å². The Hall–Kier alpha value is -1.18. The third-order valence-electron chi connectivity index (χ3n) is 3.42. The fourth-order valence-electron chi connectivity index (χ4n) is 2.71. The van der Waals surface area contributed by atoms with Gasteiger partial charge in [-0.1, -0.05) is 20.8 Å². The van der Waals surface area contributed by atoms with Gasteiger partial charge in [-0.15, -0.1) is 0 Å². The lowest BCUT2D eigenvalue weighted by Gasteiger charge is -2.41. The van der Waals surface area contributed by atoms with Crippen LogP contribution >= 0.6 is 0 Å². The second-order valence-corrected chi connectivity index (χ2v) is 7.37. The van der Waals surface area contributed by atoms with Crippen LogP contribution < -0.4 is 11.2 Å². The summed E-state index contributed by atoms with van der Waals surface area (Å²) in [5, 5.41) is 0. The predicted molar refractivity (Wildman–Crippen MR) is 85.5 cm³/mol. The quantitative estimate of drug-likeness (QED) is 0.794. The molecule has 0 aliphatic rings. The van der Waals surface area contributed by atoms with Gasteiger partial charge in [0.25, 0.3) is 5.56 Å². The summed E-state index contributed by atoms with van der Waals surface area (Å²) in [5.74, 6) is 0. The normalized spacial score (nSPS) is 14.4. The third kappa shape index (κ3) is 4.39. The minimum absolute atomic E-state index is 0.0704. The van der Waals surface area contributed by atoms with Crippen LogP contribution in [-0.2, 0) is 15.9 Å². The third-order valence-corrected chi connectivity index (χ3v) is 3.89. The Labute approximate surface area is 128 Å². The van der Waals surface area contributed by atoms with Crippen LogP contribution in [-0.4, -0.2) is 31.7 Å². The standard InChI is InChI=1S/C14H26N2O4Si/c1-9-7-16(12(18)15-10(9)17)8-19-14(5,6)11(20-21)13(2,3)4/h7,11H,8H2,1-6,21H3,(H,15,17,18). The van der Waals surface area contributed by atoms with Crippen LogP contribution in [0.5, 0.6) is 0 Å². The van der Waals surface area contributed by atoms with Gasteiger partial charge in [-0.2, -0.15) is 0 Å². The number of hydrogen-bond acceptors (Lipinski definition) is 4. The molecule has 0 saturated heterocycles. The minimum Gasteiger partial charge on any atom is -0.422 e. The molecule has 0 fully saturated rings. The number of aromatic amines is 1. The molecule has 0 amide bonds. The first-order valence-corrected chi connectivity index (χ1v) is 7.78. The summed E-state index contributed by atoms with van der Waals surface area (Å²) in [7, 11) is 0.611. The lowest BCUT2D eigenvalue weighted by atomic mass is 9.80. The van der Waals surface area contributed by atoms with Gasteiger partial charge in [0.05, 0.1) is 11.7 Å². The van der Waals surface area contributed by atoms with Gasteiger partial charge in [0, 0.05) is 11.8 Å². The highest BCUT2D eigenvalue weighted by molar-refractivity contribution is 5.98. The van der Waals surface area contributed by atoms with Crippen molar-refractivity contribution in [2.75, 3.05) is 0 Å². The Morgan fingerprint density at radius 1 is 1.29 bits per heavy atom. The number of nitrogens with zero attached hydrogens (tertiary/aromatic N) is 1. The van der Waals surface area contributed by atoms with Gasteiger partial charge in [-0.25, -0.2) is 4.79 Å². The predicted octanol–water partition coefficient (Wildman–Crippen LogP) is 0.309. The molecular weight excluding hydrogens is 288 g/mol. The molecule has 0 bridgehead atoms. The molecule has 1 rings (SSSR count). The van der Waals surface area contributed by atoms with E-state index in [1.54, 1.807) is 6.92 Å². The van der Waals surface area contributed by atoms with Crippen molar-refractivity contribution in [3.8, 4) is 0 Å². The number of aromatic nitrogens is 2. The molecule has 21 heavy (non-hydrogen) atoms. The van der Waals surface area contributed by atoms with Crippen LogP contribution in [0.15, 0.2) is 15.8 Å². The number of nitrogens with one attached hydrogen (secondary N) is 1. The maximum absolute atomic E-state index is 11.7. The lowest BCUT2D eigenvalue weighted by Crippen LogP contribution is -2.49. The Balaban J connectivity index is 2.94. The first-order chi connectivity index (χ1) is 9.49. The van der Waals surface area contributed by atoms with Gasteiger partial charge < -0.3 is 9.16 Å². The summed E-state index contributed by atoms with van der Waals surface area (Å²) in [6.07, 6.45) is 1.42. The highest BCUT2D eigenvalue weighted by Gasteiger charge is 2.38. The topological polar surface area (TPSA) is 73.3 Å². The molecule has 1 aromatic heterocycles. The van der Waals surface area contributed by atoms with Crippen molar-refractivity contribution in [1.29, 1.82) is 0 Å². The Bertz CT molecular complexity index is 598. The van der Waals surface area contributed by atoms with Crippen LogP contribution in [0.2, 0.25) is 0 Å². The van der Waals surface area contributed by atoms with Gasteiger partial charge >= 0.3 is 5.69 Å². The molecule has 0 radical (unpaired) electrons. The molecule has 0 aliphatic carbocycles. The van der Waals surface area contributed by atoms with Crippen molar-refractivity contribution >= 4 is 10.5 Å². The van der Waals surface area contributed by atoms with Crippen molar-refractivity contribution in [2.24, 2.45) is 5.41 Å². The molecule has 120 valence electrons. The molecule has 0 saturated carbocycles. The number of hydrogen-bond donors (Lipinski definition) is 1. The smallest absolute Gasteiger partial charge is 0.330 e. The van der Waals surface area contributed by atoms with E-state index in [0.29, 0.717) is 16.0 Å². The number of ether oxygens (including phenoxy) is 1. The molecular formula is C14H26N2O4Si. The van der Waals surface area contributed by atoms with Crippen LogP contribution in [0, 0.1) is 12.3 Å². The fourth-order valence-corrected chi connectivity index (χ4v) is 3.98. The largest absolute Gasteiger partial charge is 0.422 e. The SMILES string of the molecule is Cc1cn(COC(C)(C)C(O[SiH3])C(C)(C)C)c(=O)[nH]c1=O. The number of aryl methyl sites for hydroxylation is 1. The summed E-state index contributed by atoms with van der Waals surface area (Å²) >= 11 is 0. The summed E-state index contributed by atoms with van der Waals surface area (Å²) in [6.45, 7) is 11.9. The second kappa shape index (κ2) is 6.29. The zero-order valence-corrected chi connectivity index (χ0v) is 15.9. The minimum atomic E-state index is -0.552.